The van der Waals surface area contributed by atoms with Crippen molar-refractivity contribution in [3.63, 3.8) is 0 Å². The van der Waals surface area contributed by atoms with Gasteiger partial charge in [-0.05, 0) is 42.8 Å². The monoisotopic (exact) mass is 405 g/mol. The zero-order valence-corrected chi connectivity index (χ0v) is 16.9. The Bertz CT molecular complexity index is 1040. The van der Waals surface area contributed by atoms with Crippen LogP contribution < -0.4 is 4.74 Å². The molecule has 1 heterocycles. The second kappa shape index (κ2) is 9.17. The first-order chi connectivity index (χ1) is 14.5. The fourth-order valence-corrected chi connectivity index (χ4v) is 3.60. The molecule has 1 aromatic heterocycles. The van der Waals surface area contributed by atoms with Gasteiger partial charge in [0, 0.05) is 24.0 Å². The van der Waals surface area contributed by atoms with E-state index in [0.717, 1.165) is 5.69 Å². The second-order valence-corrected chi connectivity index (χ2v) is 6.83. The number of carbonyl (C=O) groups excluding carboxylic acids is 1. The van der Waals surface area contributed by atoms with Crippen molar-refractivity contribution in [2.75, 3.05) is 7.11 Å². The van der Waals surface area contributed by atoms with Crippen molar-refractivity contribution < 1.29 is 14.5 Å². The van der Waals surface area contributed by atoms with Crippen LogP contribution in [0.25, 0.3) is 5.69 Å². The third-order valence-electron chi connectivity index (χ3n) is 5.14. The number of imidazole rings is 1. The van der Waals surface area contributed by atoms with E-state index in [9.17, 15) is 14.9 Å². The molecule has 0 radical (unpaired) electrons. The summed E-state index contributed by atoms with van der Waals surface area (Å²) in [6.07, 6.45) is 3.65. The molecule has 7 heteroatoms. The highest BCUT2D eigenvalue weighted by atomic mass is 16.6. The predicted octanol–water partition coefficient (Wildman–Crippen LogP) is 4.66. The maximum atomic E-state index is 13.5. The number of allylic oxidation sites excluding steroid dienone is 1. The summed E-state index contributed by atoms with van der Waals surface area (Å²) >= 11 is 0. The number of nitrogens with zero attached hydrogens (tertiary/aromatic N) is 3. The maximum Gasteiger partial charge on any atom is 0.247 e. The summed E-state index contributed by atoms with van der Waals surface area (Å²) in [5.74, 6) is -0.883. The molecule has 3 aromatic rings. The fourth-order valence-electron chi connectivity index (χ4n) is 3.60. The third-order valence-corrected chi connectivity index (χ3v) is 5.14. The molecule has 0 amide bonds. The van der Waals surface area contributed by atoms with Crippen molar-refractivity contribution in [2.45, 2.75) is 19.3 Å². The van der Waals surface area contributed by atoms with Crippen molar-refractivity contribution in [2.24, 2.45) is 5.92 Å². The molecule has 2 aromatic carbocycles. The molecule has 30 heavy (non-hydrogen) atoms. The summed E-state index contributed by atoms with van der Waals surface area (Å²) in [7, 11) is 1.55. The lowest BCUT2D eigenvalue weighted by Gasteiger charge is -2.23. The minimum atomic E-state index is -0.788. The Morgan fingerprint density at radius 2 is 1.87 bits per heavy atom. The Labute approximate surface area is 174 Å². The number of carbonyl (C=O) groups is 1. The van der Waals surface area contributed by atoms with Crippen LogP contribution >= 0.6 is 0 Å². The predicted molar refractivity (Wildman–Crippen MR) is 114 cm³/mol. The van der Waals surface area contributed by atoms with Crippen LogP contribution in [-0.4, -0.2) is 27.4 Å². The van der Waals surface area contributed by atoms with Gasteiger partial charge in [0.2, 0.25) is 11.5 Å². The molecule has 2 atom stereocenters. The number of ether oxygens (including phenoxy) is 1. The van der Waals surface area contributed by atoms with Crippen LogP contribution in [0.4, 0.5) is 0 Å². The topological polar surface area (TPSA) is 87.3 Å². The fraction of sp³-hybridized carbons (Fsp3) is 0.217. The lowest BCUT2D eigenvalue weighted by Crippen LogP contribution is -2.27. The zero-order valence-electron chi connectivity index (χ0n) is 16.9. The molecule has 0 saturated heterocycles. The Morgan fingerprint density at radius 1 is 1.20 bits per heavy atom. The molecule has 3 rings (SSSR count). The zero-order chi connectivity index (χ0) is 21.7. The molecule has 0 spiro atoms. The van der Waals surface area contributed by atoms with Gasteiger partial charge in [-0.25, -0.2) is 4.98 Å². The number of ketones is 1. The number of hydrogen-bond acceptors (Lipinski definition) is 5. The molecular weight excluding hydrogens is 382 g/mol. The number of nitro groups is 1. The maximum absolute atomic E-state index is 13.5. The normalized spacial score (nSPS) is 12.7. The summed E-state index contributed by atoms with van der Waals surface area (Å²) < 4.78 is 6.88. The van der Waals surface area contributed by atoms with Crippen molar-refractivity contribution in [3.8, 4) is 11.4 Å². The average molecular weight is 405 g/mol. The largest absolute Gasteiger partial charge is 0.497 e. The highest BCUT2D eigenvalue weighted by Gasteiger charge is 2.38. The van der Waals surface area contributed by atoms with Gasteiger partial charge in [-0.3, -0.25) is 19.5 Å². The van der Waals surface area contributed by atoms with E-state index in [0.29, 0.717) is 17.7 Å². The SMILES string of the molecule is C=C(C(c1ccc(OC)cc1)C(CC)C(=O)c1nccn1-c1ccccc1)[N+](=O)[O-]. The van der Waals surface area contributed by atoms with Crippen molar-refractivity contribution in [3.05, 3.63) is 101 Å². The van der Waals surface area contributed by atoms with Crippen LogP contribution in [0.1, 0.15) is 35.4 Å². The summed E-state index contributed by atoms with van der Waals surface area (Å²) in [6.45, 7) is 5.51. The van der Waals surface area contributed by atoms with Crippen molar-refractivity contribution in [1.29, 1.82) is 0 Å². The van der Waals surface area contributed by atoms with Crippen LogP contribution in [0.15, 0.2) is 79.3 Å². The van der Waals surface area contributed by atoms with E-state index in [-0.39, 0.29) is 17.3 Å². The number of benzene rings is 2. The quantitative estimate of drug-likeness (QED) is 0.293. The molecule has 0 saturated carbocycles. The van der Waals surface area contributed by atoms with Gasteiger partial charge in [-0.15, -0.1) is 0 Å². The van der Waals surface area contributed by atoms with Gasteiger partial charge in [0.25, 0.3) is 0 Å². The first-order valence-electron chi connectivity index (χ1n) is 9.58. The molecule has 0 fully saturated rings. The minimum Gasteiger partial charge on any atom is -0.497 e. The highest BCUT2D eigenvalue weighted by molar-refractivity contribution is 5.96. The summed E-state index contributed by atoms with van der Waals surface area (Å²) in [5, 5.41) is 11.6. The molecule has 0 aliphatic rings. The van der Waals surface area contributed by atoms with Gasteiger partial charge < -0.3 is 4.74 Å². The molecule has 0 N–H and O–H groups in total. The lowest BCUT2D eigenvalue weighted by molar-refractivity contribution is -0.430. The molecule has 0 aliphatic heterocycles. The van der Waals surface area contributed by atoms with Crippen molar-refractivity contribution >= 4 is 5.78 Å². The van der Waals surface area contributed by atoms with E-state index in [1.165, 1.54) is 0 Å². The Balaban J connectivity index is 2.04. The molecule has 2 unspecified atom stereocenters. The first kappa shape index (κ1) is 21.0. The van der Waals surface area contributed by atoms with Crippen LogP contribution in [0, 0.1) is 16.0 Å². The minimum absolute atomic E-state index is 0.224. The molecular formula is C23H23N3O4. The van der Waals surface area contributed by atoms with Crippen LogP contribution in [-0.2, 0) is 0 Å². The smallest absolute Gasteiger partial charge is 0.247 e. The van der Waals surface area contributed by atoms with Crippen LogP contribution in [0.3, 0.4) is 0 Å². The molecule has 0 aliphatic carbocycles. The van der Waals surface area contributed by atoms with E-state index in [1.807, 2.05) is 37.3 Å². The van der Waals surface area contributed by atoms with Gasteiger partial charge in [0.05, 0.1) is 18.0 Å². The first-order valence-corrected chi connectivity index (χ1v) is 9.58. The number of methoxy groups -OCH3 is 1. The number of rotatable bonds is 9. The van der Waals surface area contributed by atoms with Crippen LogP contribution in [0.5, 0.6) is 5.75 Å². The summed E-state index contributed by atoms with van der Waals surface area (Å²) in [6, 6.07) is 16.3. The van der Waals surface area contributed by atoms with E-state index >= 15 is 0 Å². The third kappa shape index (κ3) is 4.15. The Morgan fingerprint density at radius 3 is 2.43 bits per heavy atom. The number of para-hydroxylation sites is 1. The van der Waals surface area contributed by atoms with Crippen molar-refractivity contribution in [1.82, 2.24) is 9.55 Å². The van der Waals surface area contributed by atoms with Gasteiger partial charge in [-0.2, -0.15) is 0 Å². The summed E-state index contributed by atoms with van der Waals surface area (Å²) in [4.78, 5) is 28.9. The van der Waals surface area contributed by atoms with E-state index in [1.54, 1.807) is 48.3 Å². The van der Waals surface area contributed by atoms with Gasteiger partial charge in [0.1, 0.15) is 5.75 Å². The van der Waals surface area contributed by atoms with Crippen LogP contribution in [0.2, 0.25) is 0 Å². The van der Waals surface area contributed by atoms with Gasteiger partial charge >= 0.3 is 0 Å². The number of aromatic nitrogens is 2. The molecule has 154 valence electrons. The Hall–Kier alpha value is -3.74. The highest BCUT2D eigenvalue weighted by Crippen LogP contribution is 2.36. The van der Waals surface area contributed by atoms with E-state index in [2.05, 4.69) is 11.6 Å². The average Bonchev–Trinajstić information content (AvgIpc) is 3.27. The number of Topliss-reactive ketones (excluding diaryl/α,β-unsaturated/α-hetero) is 1. The molecule has 7 nitrogen and oxygen atoms in total. The standard InChI is InChI=1S/C23H23N3O4/c1-4-20(21(16(2)26(28)29)17-10-12-19(30-3)13-11-17)22(27)23-24-14-15-25(23)18-8-6-5-7-9-18/h5-15,20-21H,2,4H2,1,3H3. The van der Waals surface area contributed by atoms with Gasteiger partial charge in [-0.1, -0.05) is 37.3 Å². The Kier molecular flexibility index (Phi) is 6.41. The summed E-state index contributed by atoms with van der Waals surface area (Å²) in [5.41, 5.74) is 1.20. The number of hydrogen-bond donors (Lipinski definition) is 0. The van der Waals surface area contributed by atoms with E-state index < -0.39 is 16.8 Å². The molecule has 0 bridgehead atoms. The lowest BCUT2D eigenvalue weighted by atomic mass is 9.79. The van der Waals surface area contributed by atoms with Gasteiger partial charge in [0.15, 0.2) is 5.82 Å². The second-order valence-electron chi connectivity index (χ2n) is 6.83. The van der Waals surface area contributed by atoms with E-state index in [4.69, 9.17) is 4.74 Å².